The number of nitrogens with zero attached hydrogens (tertiary/aromatic N) is 1. The predicted molar refractivity (Wildman–Crippen MR) is 114 cm³/mol. The molecule has 1 aliphatic rings. The van der Waals surface area contributed by atoms with E-state index >= 15 is 0 Å². The summed E-state index contributed by atoms with van der Waals surface area (Å²) in [6.45, 7) is 6.80. The number of nitrogens with one attached hydrogen (secondary N) is 1. The van der Waals surface area contributed by atoms with Crippen LogP contribution >= 0.6 is 11.6 Å². The lowest BCUT2D eigenvalue weighted by Gasteiger charge is -2.35. The lowest BCUT2D eigenvalue weighted by atomic mass is 10.0. The Bertz CT molecular complexity index is 786. The zero-order valence-corrected chi connectivity index (χ0v) is 17.5. The standard InChI is InChI=1S/C23H29ClN2O2/c1-17-6-11-21(14-18(17)2)28-16-23(27)25-15-22(26-12-4-3-5-13-26)19-7-9-20(24)10-8-19/h6-11,14,22H,3-5,12-13,15-16H2,1-2H3,(H,25,27)/t22-/m0/s1. The molecule has 1 saturated heterocycles. The third-order valence-electron chi connectivity index (χ3n) is 5.43. The Morgan fingerprint density at radius 2 is 1.79 bits per heavy atom. The van der Waals surface area contributed by atoms with Crippen molar-refractivity contribution in [1.82, 2.24) is 10.2 Å². The van der Waals surface area contributed by atoms with E-state index in [1.54, 1.807) is 0 Å². The van der Waals surface area contributed by atoms with E-state index in [1.165, 1.54) is 30.4 Å². The third-order valence-corrected chi connectivity index (χ3v) is 5.68. The summed E-state index contributed by atoms with van der Waals surface area (Å²) in [6, 6.07) is 14.0. The zero-order chi connectivity index (χ0) is 19.9. The van der Waals surface area contributed by atoms with Crippen molar-refractivity contribution in [1.29, 1.82) is 0 Å². The van der Waals surface area contributed by atoms with Gasteiger partial charge in [0.15, 0.2) is 6.61 Å². The molecule has 0 unspecified atom stereocenters. The lowest BCUT2D eigenvalue weighted by Crippen LogP contribution is -2.41. The second-order valence-corrected chi connectivity index (χ2v) is 7.94. The average Bonchev–Trinajstić information content (AvgIpc) is 2.71. The molecule has 0 saturated carbocycles. The molecule has 1 fully saturated rings. The Morgan fingerprint density at radius 3 is 2.46 bits per heavy atom. The number of carbonyl (C=O) groups excluding carboxylic acids is 1. The molecule has 0 spiro atoms. The first-order chi connectivity index (χ1) is 13.5. The highest BCUT2D eigenvalue weighted by Gasteiger charge is 2.23. The van der Waals surface area contributed by atoms with E-state index in [2.05, 4.69) is 29.3 Å². The molecule has 4 nitrogen and oxygen atoms in total. The summed E-state index contributed by atoms with van der Waals surface area (Å²) in [5.74, 6) is 0.623. The van der Waals surface area contributed by atoms with E-state index in [-0.39, 0.29) is 18.6 Å². The molecule has 3 rings (SSSR count). The number of rotatable bonds is 7. The number of amides is 1. The first kappa shape index (κ1) is 20.7. The molecule has 1 heterocycles. The van der Waals surface area contributed by atoms with Crippen molar-refractivity contribution >= 4 is 17.5 Å². The van der Waals surface area contributed by atoms with Gasteiger partial charge >= 0.3 is 0 Å². The van der Waals surface area contributed by atoms with Crippen molar-refractivity contribution in [3.05, 3.63) is 64.2 Å². The predicted octanol–water partition coefficient (Wildman–Crippen LogP) is 4.68. The number of halogens is 1. The van der Waals surface area contributed by atoms with Crippen LogP contribution in [0.2, 0.25) is 5.02 Å². The van der Waals surface area contributed by atoms with Crippen molar-refractivity contribution in [3.63, 3.8) is 0 Å². The molecule has 28 heavy (non-hydrogen) atoms. The molecule has 5 heteroatoms. The molecule has 2 aromatic rings. The molecular formula is C23H29ClN2O2. The molecule has 1 N–H and O–H groups in total. The van der Waals surface area contributed by atoms with Gasteiger partial charge in [-0.05, 0) is 80.7 Å². The number of piperidine rings is 1. The van der Waals surface area contributed by atoms with Gasteiger partial charge in [-0.3, -0.25) is 9.69 Å². The van der Waals surface area contributed by atoms with Crippen LogP contribution in [0.15, 0.2) is 42.5 Å². The molecular weight excluding hydrogens is 372 g/mol. The number of ether oxygens (including phenoxy) is 1. The summed E-state index contributed by atoms with van der Waals surface area (Å²) >= 11 is 6.05. The number of likely N-dealkylation sites (tertiary alicyclic amines) is 1. The molecule has 0 bridgehead atoms. The quantitative estimate of drug-likeness (QED) is 0.733. The van der Waals surface area contributed by atoms with Gasteiger partial charge in [0, 0.05) is 11.6 Å². The molecule has 0 aromatic heterocycles. The minimum Gasteiger partial charge on any atom is -0.484 e. The van der Waals surface area contributed by atoms with Crippen LogP contribution in [-0.2, 0) is 4.79 Å². The fraction of sp³-hybridized carbons (Fsp3) is 0.435. The minimum atomic E-state index is -0.103. The molecule has 1 atom stereocenters. The number of aryl methyl sites for hydroxylation is 2. The van der Waals surface area contributed by atoms with Crippen LogP contribution in [0.1, 0.15) is 42.0 Å². The van der Waals surface area contributed by atoms with Crippen LogP contribution in [-0.4, -0.2) is 37.0 Å². The van der Waals surface area contributed by atoms with Gasteiger partial charge in [-0.1, -0.05) is 36.2 Å². The monoisotopic (exact) mass is 400 g/mol. The maximum Gasteiger partial charge on any atom is 0.258 e. The second kappa shape index (κ2) is 9.94. The Balaban J connectivity index is 1.58. The van der Waals surface area contributed by atoms with Gasteiger partial charge in [0.2, 0.25) is 0 Å². The Morgan fingerprint density at radius 1 is 1.07 bits per heavy atom. The lowest BCUT2D eigenvalue weighted by molar-refractivity contribution is -0.123. The van der Waals surface area contributed by atoms with Gasteiger partial charge < -0.3 is 10.1 Å². The fourth-order valence-electron chi connectivity index (χ4n) is 3.59. The van der Waals surface area contributed by atoms with Crippen molar-refractivity contribution in [2.24, 2.45) is 0 Å². The van der Waals surface area contributed by atoms with E-state index in [9.17, 15) is 4.79 Å². The van der Waals surface area contributed by atoms with E-state index in [0.29, 0.717) is 6.54 Å². The summed E-state index contributed by atoms with van der Waals surface area (Å²) < 4.78 is 5.66. The molecule has 1 amide bonds. The summed E-state index contributed by atoms with van der Waals surface area (Å²) in [7, 11) is 0. The van der Waals surface area contributed by atoms with Crippen LogP contribution in [0.25, 0.3) is 0 Å². The molecule has 0 radical (unpaired) electrons. The van der Waals surface area contributed by atoms with Crippen LogP contribution in [0.5, 0.6) is 5.75 Å². The first-order valence-corrected chi connectivity index (χ1v) is 10.4. The van der Waals surface area contributed by atoms with E-state index in [0.717, 1.165) is 29.4 Å². The van der Waals surface area contributed by atoms with Gasteiger partial charge in [-0.15, -0.1) is 0 Å². The first-order valence-electron chi connectivity index (χ1n) is 9.99. The summed E-state index contributed by atoms with van der Waals surface area (Å²) in [4.78, 5) is 14.8. The normalized spacial score (nSPS) is 15.8. The summed E-state index contributed by atoms with van der Waals surface area (Å²) in [6.07, 6.45) is 3.68. The second-order valence-electron chi connectivity index (χ2n) is 7.50. The number of hydrogen-bond acceptors (Lipinski definition) is 3. The van der Waals surface area contributed by atoms with Gasteiger partial charge in [0.25, 0.3) is 5.91 Å². The summed E-state index contributed by atoms with van der Waals surface area (Å²) in [5.41, 5.74) is 3.55. The van der Waals surface area contributed by atoms with Gasteiger partial charge in [0.05, 0.1) is 6.04 Å². The highest BCUT2D eigenvalue weighted by atomic mass is 35.5. The average molecular weight is 401 g/mol. The SMILES string of the molecule is Cc1ccc(OCC(=O)NC[C@@H](c2ccc(Cl)cc2)N2CCCCC2)cc1C. The zero-order valence-electron chi connectivity index (χ0n) is 16.7. The maximum absolute atomic E-state index is 12.4. The van der Waals surface area contributed by atoms with Crippen LogP contribution in [0, 0.1) is 13.8 Å². The van der Waals surface area contributed by atoms with Crippen LogP contribution in [0.3, 0.4) is 0 Å². The Kier molecular flexibility index (Phi) is 7.35. The van der Waals surface area contributed by atoms with Crippen molar-refractivity contribution in [3.8, 4) is 5.75 Å². The van der Waals surface area contributed by atoms with Gasteiger partial charge in [0.1, 0.15) is 5.75 Å². The topological polar surface area (TPSA) is 41.6 Å². The van der Waals surface area contributed by atoms with Gasteiger partial charge in [-0.2, -0.15) is 0 Å². The number of hydrogen-bond donors (Lipinski definition) is 1. The van der Waals surface area contributed by atoms with Crippen molar-refractivity contribution < 1.29 is 9.53 Å². The number of carbonyl (C=O) groups is 1. The van der Waals surface area contributed by atoms with E-state index < -0.39 is 0 Å². The van der Waals surface area contributed by atoms with E-state index in [1.807, 2.05) is 37.3 Å². The maximum atomic E-state index is 12.4. The Hall–Kier alpha value is -2.04. The molecule has 2 aromatic carbocycles. The van der Waals surface area contributed by atoms with Crippen LogP contribution < -0.4 is 10.1 Å². The fourth-order valence-corrected chi connectivity index (χ4v) is 3.71. The summed E-state index contributed by atoms with van der Waals surface area (Å²) in [5, 5.41) is 3.78. The largest absolute Gasteiger partial charge is 0.484 e. The van der Waals surface area contributed by atoms with Crippen molar-refractivity contribution in [2.45, 2.75) is 39.2 Å². The minimum absolute atomic E-state index is 0.0236. The third kappa shape index (κ3) is 5.73. The highest BCUT2D eigenvalue weighted by molar-refractivity contribution is 6.30. The highest BCUT2D eigenvalue weighted by Crippen LogP contribution is 2.25. The van der Waals surface area contributed by atoms with Gasteiger partial charge in [-0.25, -0.2) is 0 Å². The molecule has 0 aliphatic carbocycles. The Labute approximate surface area is 172 Å². The number of benzene rings is 2. The van der Waals surface area contributed by atoms with Crippen molar-refractivity contribution in [2.75, 3.05) is 26.2 Å². The van der Waals surface area contributed by atoms with E-state index in [4.69, 9.17) is 16.3 Å². The van der Waals surface area contributed by atoms with Crippen LogP contribution in [0.4, 0.5) is 0 Å². The molecule has 150 valence electrons. The smallest absolute Gasteiger partial charge is 0.258 e. The molecule has 1 aliphatic heterocycles.